The summed E-state index contributed by atoms with van der Waals surface area (Å²) in [5.74, 6) is 0.663. The summed E-state index contributed by atoms with van der Waals surface area (Å²) < 4.78 is 39.8. The average molecular weight is 390 g/mol. The summed E-state index contributed by atoms with van der Waals surface area (Å²) in [5, 5.41) is 10.2. The predicted octanol–water partition coefficient (Wildman–Crippen LogP) is 3.72. The van der Waals surface area contributed by atoms with Gasteiger partial charge in [-0.1, -0.05) is 17.8 Å². The highest BCUT2D eigenvalue weighted by atomic mass is 32.2. The van der Waals surface area contributed by atoms with Crippen LogP contribution in [0.3, 0.4) is 0 Å². The van der Waals surface area contributed by atoms with Gasteiger partial charge in [0.05, 0.1) is 25.0 Å². The van der Waals surface area contributed by atoms with Gasteiger partial charge in [-0.25, -0.2) is 13.8 Å². The first-order valence-corrected chi connectivity index (χ1v) is 9.23. The second-order valence-electron chi connectivity index (χ2n) is 5.99. The van der Waals surface area contributed by atoms with Crippen molar-refractivity contribution in [2.45, 2.75) is 24.1 Å². The van der Waals surface area contributed by atoms with Crippen molar-refractivity contribution in [3.63, 3.8) is 0 Å². The van der Waals surface area contributed by atoms with Crippen molar-refractivity contribution in [1.82, 2.24) is 9.55 Å². The Kier molecular flexibility index (Phi) is 5.00. The van der Waals surface area contributed by atoms with E-state index in [0.717, 1.165) is 17.7 Å². The van der Waals surface area contributed by atoms with E-state index < -0.39 is 11.6 Å². The van der Waals surface area contributed by atoms with Crippen LogP contribution in [-0.4, -0.2) is 21.5 Å². The molecule has 8 heteroatoms. The van der Waals surface area contributed by atoms with Gasteiger partial charge in [0.1, 0.15) is 11.6 Å². The smallest absolute Gasteiger partial charge is 0.231 e. The van der Waals surface area contributed by atoms with E-state index in [-0.39, 0.29) is 24.7 Å². The van der Waals surface area contributed by atoms with E-state index in [1.165, 1.54) is 17.8 Å². The molecule has 0 saturated carbocycles. The minimum Gasteiger partial charge on any atom is -0.454 e. The topological polar surface area (TPSA) is 56.5 Å². The molecule has 0 unspecified atom stereocenters. The molecule has 1 N–H and O–H groups in total. The van der Waals surface area contributed by atoms with Gasteiger partial charge in [-0.3, -0.25) is 0 Å². The summed E-state index contributed by atoms with van der Waals surface area (Å²) in [5.41, 5.74) is 1.85. The number of hydrogen-bond acceptors (Lipinski definition) is 5. The molecular weight excluding hydrogens is 374 g/mol. The van der Waals surface area contributed by atoms with Crippen LogP contribution in [0.25, 0.3) is 0 Å². The van der Waals surface area contributed by atoms with Crippen LogP contribution in [0.4, 0.5) is 8.78 Å². The molecule has 0 aliphatic carbocycles. The molecule has 2 heterocycles. The first kappa shape index (κ1) is 17.8. The maximum absolute atomic E-state index is 13.8. The van der Waals surface area contributed by atoms with Gasteiger partial charge in [-0.05, 0) is 35.9 Å². The second kappa shape index (κ2) is 7.58. The van der Waals surface area contributed by atoms with Gasteiger partial charge in [-0.15, -0.1) is 0 Å². The van der Waals surface area contributed by atoms with Crippen molar-refractivity contribution in [2.24, 2.45) is 0 Å². The Bertz CT molecular complexity index is 978. The molecule has 0 saturated heterocycles. The van der Waals surface area contributed by atoms with Crippen molar-refractivity contribution in [3.05, 3.63) is 71.1 Å². The maximum atomic E-state index is 13.8. The lowest BCUT2D eigenvalue weighted by Crippen LogP contribution is -2.06. The van der Waals surface area contributed by atoms with Crippen LogP contribution in [0.2, 0.25) is 0 Å². The number of thioether (sulfide) groups is 1. The summed E-state index contributed by atoms with van der Waals surface area (Å²) >= 11 is 1.28. The van der Waals surface area contributed by atoms with Crippen molar-refractivity contribution in [1.29, 1.82) is 0 Å². The number of imidazole rings is 1. The van der Waals surface area contributed by atoms with E-state index in [1.807, 2.05) is 22.8 Å². The fourth-order valence-corrected chi connectivity index (χ4v) is 3.79. The molecule has 0 fully saturated rings. The van der Waals surface area contributed by atoms with Gasteiger partial charge in [-0.2, -0.15) is 0 Å². The Balaban J connectivity index is 1.56. The van der Waals surface area contributed by atoms with Gasteiger partial charge in [0.15, 0.2) is 16.7 Å². The van der Waals surface area contributed by atoms with Gasteiger partial charge >= 0.3 is 0 Å². The minimum atomic E-state index is -0.480. The second-order valence-corrected chi connectivity index (χ2v) is 6.93. The van der Waals surface area contributed by atoms with Gasteiger partial charge in [0, 0.05) is 11.3 Å². The van der Waals surface area contributed by atoms with Gasteiger partial charge in [0.25, 0.3) is 0 Å². The Morgan fingerprint density at radius 3 is 2.81 bits per heavy atom. The van der Waals surface area contributed by atoms with E-state index >= 15 is 0 Å². The monoisotopic (exact) mass is 390 g/mol. The molecule has 0 atom stereocenters. The molecule has 0 bridgehead atoms. The highest BCUT2D eigenvalue weighted by Crippen LogP contribution is 2.33. The Hall–Kier alpha value is -2.58. The van der Waals surface area contributed by atoms with Crippen molar-refractivity contribution in [2.75, 3.05) is 6.79 Å². The van der Waals surface area contributed by atoms with Crippen LogP contribution in [0.15, 0.2) is 47.8 Å². The number of aliphatic hydroxyl groups excluding tert-OH is 1. The number of fused-ring (bicyclic) bond motifs is 1. The van der Waals surface area contributed by atoms with E-state index in [9.17, 15) is 13.9 Å². The number of ether oxygens (including phenoxy) is 2. The largest absolute Gasteiger partial charge is 0.454 e. The highest BCUT2D eigenvalue weighted by molar-refractivity contribution is 7.98. The molecule has 0 spiro atoms. The lowest BCUT2D eigenvalue weighted by atomic mass is 10.2. The van der Waals surface area contributed by atoms with E-state index in [2.05, 4.69) is 4.98 Å². The molecule has 140 valence electrons. The molecule has 5 nitrogen and oxygen atoms in total. The van der Waals surface area contributed by atoms with Crippen molar-refractivity contribution < 1.29 is 23.4 Å². The summed E-state index contributed by atoms with van der Waals surface area (Å²) in [6.07, 6.45) is 1.58. The maximum Gasteiger partial charge on any atom is 0.231 e. The minimum absolute atomic E-state index is 0.174. The van der Waals surface area contributed by atoms with Crippen molar-refractivity contribution >= 4 is 11.8 Å². The molecule has 3 aromatic rings. The molecular formula is C19H16F2N2O3S. The summed E-state index contributed by atoms with van der Waals surface area (Å²) in [4.78, 5) is 4.32. The van der Waals surface area contributed by atoms with E-state index in [4.69, 9.17) is 9.47 Å². The summed E-state index contributed by atoms with van der Waals surface area (Å²) in [6, 6.07) is 9.01. The zero-order valence-electron chi connectivity index (χ0n) is 14.2. The molecule has 0 amide bonds. The number of halogens is 2. The first-order chi connectivity index (χ1) is 13.1. The van der Waals surface area contributed by atoms with Crippen LogP contribution in [-0.2, 0) is 18.9 Å². The fourth-order valence-electron chi connectivity index (χ4n) is 2.82. The molecule has 27 heavy (non-hydrogen) atoms. The normalized spacial score (nSPS) is 12.6. The zero-order valence-corrected chi connectivity index (χ0v) is 15.0. The number of aromatic nitrogens is 2. The number of nitrogens with zero attached hydrogens (tertiary/aromatic N) is 2. The molecule has 4 rings (SSSR count). The van der Waals surface area contributed by atoms with Crippen LogP contribution in [0.5, 0.6) is 11.5 Å². The van der Waals surface area contributed by atoms with Gasteiger partial charge in [0.2, 0.25) is 6.79 Å². The van der Waals surface area contributed by atoms with Crippen LogP contribution >= 0.6 is 11.8 Å². The third kappa shape index (κ3) is 3.77. The number of rotatable bonds is 6. The van der Waals surface area contributed by atoms with Crippen LogP contribution in [0.1, 0.15) is 16.8 Å². The number of aliphatic hydroxyl groups is 1. The Morgan fingerprint density at radius 1 is 1.11 bits per heavy atom. The SMILES string of the molecule is OCc1cnc(SCc2cc(F)ccc2F)n1Cc1ccc2c(c1)OCO2. The molecule has 0 radical (unpaired) electrons. The first-order valence-electron chi connectivity index (χ1n) is 8.24. The van der Waals surface area contributed by atoms with E-state index in [1.54, 1.807) is 6.20 Å². The summed E-state index contributed by atoms with van der Waals surface area (Å²) in [7, 11) is 0. The quantitative estimate of drug-likeness (QED) is 0.650. The molecule has 1 aromatic heterocycles. The molecule has 1 aliphatic rings. The van der Waals surface area contributed by atoms with Crippen LogP contribution in [0, 0.1) is 11.6 Å². The standard InChI is InChI=1S/C19H16F2N2O3S/c20-14-2-3-16(21)13(6-14)10-27-19-22-7-15(9-24)23(19)8-12-1-4-17-18(5-12)26-11-25-17/h1-7,24H,8-11H2. The Morgan fingerprint density at radius 2 is 1.96 bits per heavy atom. The fraction of sp³-hybridized carbons (Fsp3) is 0.211. The third-order valence-corrected chi connectivity index (χ3v) is 5.25. The lowest BCUT2D eigenvalue weighted by Gasteiger charge is -2.11. The number of hydrogen-bond donors (Lipinski definition) is 1. The van der Waals surface area contributed by atoms with Crippen molar-refractivity contribution in [3.8, 4) is 11.5 Å². The zero-order chi connectivity index (χ0) is 18.8. The molecule has 1 aliphatic heterocycles. The van der Waals surface area contributed by atoms with Crippen LogP contribution < -0.4 is 9.47 Å². The van der Waals surface area contributed by atoms with Gasteiger partial charge < -0.3 is 19.1 Å². The average Bonchev–Trinajstić information content (AvgIpc) is 3.29. The lowest BCUT2D eigenvalue weighted by molar-refractivity contribution is 0.174. The Labute approximate surface area is 158 Å². The van der Waals surface area contributed by atoms with E-state index in [0.29, 0.717) is 28.9 Å². The number of benzene rings is 2. The third-order valence-electron chi connectivity index (χ3n) is 4.21. The predicted molar refractivity (Wildman–Crippen MR) is 95.7 cm³/mol. The highest BCUT2D eigenvalue weighted by Gasteiger charge is 2.16. The molecule has 2 aromatic carbocycles. The summed E-state index contributed by atoms with van der Waals surface area (Å²) in [6.45, 7) is 0.485.